The molecule has 3 aliphatic heterocycles. The van der Waals surface area contributed by atoms with Crippen LogP contribution in [0.3, 0.4) is 0 Å². The Bertz CT molecular complexity index is 683. The molecule has 0 aromatic heterocycles. The van der Waals surface area contributed by atoms with Gasteiger partial charge in [0.1, 0.15) is 0 Å². The molecule has 6 heteroatoms. The van der Waals surface area contributed by atoms with Crippen LogP contribution in [0, 0.1) is 0 Å². The minimum Gasteiger partial charge on any atom is -0.315 e. The summed E-state index contributed by atoms with van der Waals surface area (Å²) in [6.45, 7) is 2.67. The first kappa shape index (κ1) is 17.3. The van der Waals surface area contributed by atoms with Crippen LogP contribution in [0.25, 0.3) is 0 Å². The van der Waals surface area contributed by atoms with Gasteiger partial charge in [0.15, 0.2) is 0 Å². The SMILES string of the molecule is O=S(=O)(Nc1ccc(C2CCC3CCCCN32)cc1)C1CCCNC1. The molecule has 0 spiro atoms. The van der Waals surface area contributed by atoms with Crippen molar-refractivity contribution in [2.45, 2.75) is 62.3 Å². The van der Waals surface area contributed by atoms with E-state index in [9.17, 15) is 8.42 Å². The molecule has 3 saturated heterocycles. The quantitative estimate of drug-likeness (QED) is 0.863. The molecule has 0 bridgehead atoms. The first-order chi connectivity index (χ1) is 12.1. The Balaban J connectivity index is 1.43. The van der Waals surface area contributed by atoms with Crippen molar-refractivity contribution in [3.05, 3.63) is 29.8 Å². The predicted octanol–water partition coefficient (Wildman–Crippen LogP) is 2.87. The first-order valence-corrected chi connectivity index (χ1v) is 11.3. The number of rotatable bonds is 4. The maximum absolute atomic E-state index is 12.5. The van der Waals surface area contributed by atoms with Gasteiger partial charge in [-0.15, -0.1) is 0 Å². The van der Waals surface area contributed by atoms with Gasteiger partial charge in [-0.25, -0.2) is 8.42 Å². The minimum atomic E-state index is -3.31. The van der Waals surface area contributed by atoms with Crippen LogP contribution < -0.4 is 10.0 Å². The molecule has 3 atom stereocenters. The molecule has 0 aliphatic carbocycles. The molecule has 0 radical (unpaired) electrons. The molecule has 2 N–H and O–H groups in total. The Morgan fingerprint density at radius 1 is 1.00 bits per heavy atom. The number of nitrogens with one attached hydrogen (secondary N) is 2. The summed E-state index contributed by atoms with van der Waals surface area (Å²) in [4.78, 5) is 2.66. The molecule has 25 heavy (non-hydrogen) atoms. The number of piperidine rings is 2. The highest BCUT2D eigenvalue weighted by molar-refractivity contribution is 7.93. The average Bonchev–Trinajstić information content (AvgIpc) is 3.07. The molecule has 5 nitrogen and oxygen atoms in total. The van der Waals surface area contributed by atoms with E-state index >= 15 is 0 Å². The van der Waals surface area contributed by atoms with E-state index in [-0.39, 0.29) is 5.25 Å². The molecule has 3 heterocycles. The van der Waals surface area contributed by atoms with Crippen molar-refractivity contribution >= 4 is 15.7 Å². The second-order valence-corrected chi connectivity index (χ2v) is 9.68. The van der Waals surface area contributed by atoms with E-state index in [1.807, 2.05) is 12.1 Å². The molecule has 3 unspecified atom stereocenters. The highest BCUT2D eigenvalue weighted by atomic mass is 32.2. The molecule has 3 aliphatic rings. The van der Waals surface area contributed by atoms with Crippen molar-refractivity contribution in [3.8, 4) is 0 Å². The topological polar surface area (TPSA) is 61.4 Å². The Kier molecular flexibility index (Phi) is 5.02. The van der Waals surface area contributed by atoms with Crippen LogP contribution in [-0.4, -0.2) is 44.2 Å². The molecule has 138 valence electrons. The lowest BCUT2D eigenvalue weighted by Gasteiger charge is -2.34. The Labute approximate surface area is 151 Å². The van der Waals surface area contributed by atoms with E-state index in [1.54, 1.807) is 0 Å². The number of hydrogen-bond acceptors (Lipinski definition) is 4. The Morgan fingerprint density at radius 3 is 2.60 bits per heavy atom. The summed E-state index contributed by atoms with van der Waals surface area (Å²) < 4.78 is 27.8. The van der Waals surface area contributed by atoms with Crippen LogP contribution in [0.1, 0.15) is 56.6 Å². The van der Waals surface area contributed by atoms with Gasteiger partial charge >= 0.3 is 0 Å². The van der Waals surface area contributed by atoms with Crippen LogP contribution in [0.15, 0.2) is 24.3 Å². The van der Waals surface area contributed by atoms with Crippen molar-refractivity contribution in [3.63, 3.8) is 0 Å². The lowest BCUT2D eigenvalue weighted by atomic mass is 10.0. The van der Waals surface area contributed by atoms with Crippen LogP contribution in [0.5, 0.6) is 0 Å². The summed E-state index contributed by atoms with van der Waals surface area (Å²) in [7, 11) is -3.31. The van der Waals surface area contributed by atoms with Crippen molar-refractivity contribution in [1.82, 2.24) is 10.2 Å². The third kappa shape index (κ3) is 3.71. The minimum absolute atomic E-state index is 0.329. The van der Waals surface area contributed by atoms with Gasteiger partial charge in [0.05, 0.1) is 5.25 Å². The summed E-state index contributed by atoms with van der Waals surface area (Å²) in [6.07, 6.45) is 8.19. The van der Waals surface area contributed by atoms with Gasteiger partial charge in [-0.2, -0.15) is 0 Å². The van der Waals surface area contributed by atoms with Crippen LogP contribution >= 0.6 is 0 Å². The maximum atomic E-state index is 12.5. The van der Waals surface area contributed by atoms with E-state index in [0.29, 0.717) is 18.3 Å². The second kappa shape index (κ2) is 7.25. The predicted molar refractivity (Wildman–Crippen MR) is 101 cm³/mol. The number of nitrogens with zero attached hydrogens (tertiary/aromatic N) is 1. The monoisotopic (exact) mass is 363 g/mol. The fraction of sp³-hybridized carbons (Fsp3) is 0.684. The molecule has 0 amide bonds. The molecule has 4 rings (SSSR count). The normalized spacial score (nSPS) is 30.8. The number of fused-ring (bicyclic) bond motifs is 1. The molecular formula is C19H29N3O2S. The van der Waals surface area contributed by atoms with E-state index < -0.39 is 10.0 Å². The molecule has 3 fully saturated rings. The molecule has 1 aromatic rings. The largest absolute Gasteiger partial charge is 0.315 e. The highest BCUT2D eigenvalue weighted by Gasteiger charge is 2.35. The number of hydrogen-bond donors (Lipinski definition) is 2. The zero-order valence-corrected chi connectivity index (χ0v) is 15.6. The van der Waals surface area contributed by atoms with Crippen LogP contribution in [0.2, 0.25) is 0 Å². The lowest BCUT2D eigenvalue weighted by Crippen LogP contribution is -2.41. The van der Waals surface area contributed by atoms with E-state index in [0.717, 1.165) is 25.4 Å². The zero-order valence-electron chi connectivity index (χ0n) is 14.8. The third-order valence-electron chi connectivity index (χ3n) is 6.09. The smallest absolute Gasteiger partial charge is 0.236 e. The highest BCUT2D eigenvalue weighted by Crippen LogP contribution is 2.40. The van der Waals surface area contributed by atoms with Crippen molar-refractivity contribution < 1.29 is 8.42 Å². The maximum Gasteiger partial charge on any atom is 0.236 e. The van der Waals surface area contributed by atoms with E-state index in [1.165, 1.54) is 44.2 Å². The zero-order chi connectivity index (χ0) is 17.3. The fourth-order valence-electron chi connectivity index (χ4n) is 4.72. The van der Waals surface area contributed by atoms with E-state index in [4.69, 9.17) is 0 Å². The number of benzene rings is 1. The molecule has 0 saturated carbocycles. The lowest BCUT2D eigenvalue weighted by molar-refractivity contribution is 0.150. The van der Waals surface area contributed by atoms with Gasteiger partial charge < -0.3 is 5.32 Å². The van der Waals surface area contributed by atoms with Crippen molar-refractivity contribution in [2.24, 2.45) is 0 Å². The molecule has 1 aromatic carbocycles. The van der Waals surface area contributed by atoms with Crippen LogP contribution in [0.4, 0.5) is 5.69 Å². The summed E-state index contributed by atoms with van der Waals surface area (Å²) >= 11 is 0. The summed E-state index contributed by atoms with van der Waals surface area (Å²) in [5.41, 5.74) is 2.01. The fourth-order valence-corrected chi connectivity index (χ4v) is 6.17. The van der Waals surface area contributed by atoms with Gasteiger partial charge in [-0.1, -0.05) is 18.6 Å². The number of anilines is 1. The van der Waals surface area contributed by atoms with Gasteiger partial charge in [0, 0.05) is 24.3 Å². The van der Waals surface area contributed by atoms with E-state index in [2.05, 4.69) is 27.1 Å². The summed E-state index contributed by atoms with van der Waals surface area (Å²) in [6, 6.07) is 9.35. The summed E-state index contributed by atoms with van der Waals surface area (Å²) in [5, 5.41) is 2.85. The second-order valence-electron chi connectivity index (χ2n) is 7.72. The summed E-state index contributed by atoms with van der Waals surface area (Å²) in [5.74, 6) is 0. The van der Waals surface area contributed by atoms with Gasteiger partial charge in [-0.3, -0.25) is 9.62 Å². The molecular weight excluding hydrogens is 334 g/mol. The first-order valence-electron chi connectivity index (χ1n) is 9.71. The van der Waals surface area contributed by atoms with Crippen LogP contribution in [-0.2, 0) is 10.0 Å². The number of sulfonamides is 1. The van der Waals surface area contributed by atoms with Gasteiger partial charge in [-0.05, 0) is 69.3 Å². The third-order valence-corrected chi connectivity index (χ3v) is 7.89. The van der Waals surface area contributed by atoms with Gasteiger partial charge in [0.2, 0.25) is 10.0 Å². The Morgan fingerprint density at radius 2 is 1.84 bits per heavy atom. The Hall–Kier alpha value is -1.11. The van der Waals surface area contributed by atoms with Gasteiger partial charge in [0.25, 0.3) is 0 Å². The van der Waals surface area contributed by atoms with Crippen molar-refractivity contribution in [1.29, 1.82) is 0 Å². The standard InChI is InChI=1S/C19H29N3O2S/c23-25(24,18-5-3-12-20-14-18)21-16-8-6-15(7-9-16)19-11-10-17-4-1-2-13-22(17)19/h6-9,17-21H,1-5,10-14H2. The van der Waals surface area contributed by atoms with Crippen molar-refractivity contribution in [2.75, 3.05) is 24.4 Å². The average molecular weight is 364 g/mol.